The summed E-state index contributed by atoms with van der Waals surface area (Å²) < 4.78 is 5.29. The van der Waals surface area contributed by atoms with Gasteiger partial charge in [-0.25, -0.2) is 9.97 Å². The fraction of sp³-hybridized carbons (Fsp3) is 0.467. The number of amides is 1. The molecule has 0 bridgehead atoms. The first-order valence-corrected chi connectivity index (χ1v) is 7.49. The molecule has 0 unspecified atom stereocenters. The summed E-state index contributed by atoms with van der Waals surface area (Å²) in [6.45, 7) is 4.13. The number of hydrogen-bond donors (Lipinski definition) is 0. The maximum absolute atomic E-state index is 12.4. The third-order valence-electron chi connectivity index (χ3n) is 4.27. The molecule has 7 heteroatoms. The Morgan fingerprint density at radius 1 is 1.23 bits per heavy atom. The monoisotopic (exact) mass is 299 g/mol. The van der Waals surface area contributed by atoms with E-state index in [0.717, 1.165) is 16.7 Å². The lowest BCUT2D eigenvalue weighted by molar-refractivity contribution is -0.140. The first-order chi connectivity index (χ1) is 10.8. The van der Waals surface area contributed by atoms with Gasteiger partial charge in [-0.1, -0.05) is 0 Å². The molecule has 0 aromatic carbocycles. The summed E-state index contributed by atoms with van der Waals surface area (Å²) in [4.78, 5) is 29.1. The smallest absolute Gasteiger partial charge is 0.229 e. The quantitative estimate of drug-likeness (QED) is 0.795. The number of fused-ring (bicyclic) bond motifs is 1. The molecule has 0 spiro atoms. The largest absolute Gasteiger partial charge is 0.378 e. The summed E-state index contributed by atoms with van der Waals surface area (Å²) in [5, 5.41) is 0.981. The maximum Gasteiger partial charge on any atom is 0.229 e. The summed E-state index contributed by atoms with van der Waals surface area (Å²) >= 11 is 0. The highest BCUT2D eigenvalue weighted by molar-refractivity contribution is 5.90. The molecule has 2 aliphatic rings. The summed E-state index contributed by atoms with van der Waals surface area (Å²) in [5.74, 6) is 1.18. The molecular formula is C15H17N5O2. The number of aromatic nitrogens is 3. The van der Waals surface area contributed by atoms with Crippen LogP contribution >= 0.6 is 0 Å². The zero-order valence-electron chi connectivity index (χ0n) is 12.2. The van der Waals surface area contributed by atoms with E-state index in [0.29, 0.717) is 39.4 Å². The molecule has 7 nitrogen and oxygen atoms in total. The van der Waals surface area contributed by atoms with Gasteiger partial charge in [0, 0.05) is 37.8 Å². The molecule has 1 amide bonds. The summed E-state index contributed by atoms with van der Waals surface area (Å²) in [5.41, 5.74) is 0.829. The molecule has 0 atom stereocenters. The van der Waals surface area contributed by atoms with Crippen LogP contribution in [0.5, 0.6) is 0 Å². The van der Waals surface area contributed by atoms with Crippen molar-refractivity contribution in [3.05, 3.63) is 24.8 Å². The highest BCUT2D eigenvalue weighted by Crippen LogP contribution is 2.29. The van der Waals surface area contributed by atoms with Gasteiger partial charge in [0.2, 0.25) is 5.91 Å². The van der Waals surface area contributed by atoms with Crippen LogP contribution in [0.2, 0.25) is 0 Å². The SMILES string of the molecule is O=C(C1CN(c2ncnc3cnccc23)C1)N1CCOCC1. The van der Waals surface area contributed by atoms with E-state index >= 15 is 0 Å². The minimum atomic E-state index is 0.0601. The average Bonchev–Trinajstić information content (AvgIpc) is 2.54. The third-order valence-corrected chi connectivity index (χ3v) is 4.27. The molecular weight excluding hydrogens is 282 g/mol. The lowest BCUT2D eigenvalue weighted by atomic mass is 9.97. The first-order valence-electron chi connectivity index (χ1n) is 7.49. The molecule has 0 saturated carbocycles. The number of nitrogens with zero attached hydrogens (tertiary/aromatic N) is 5. The van der Waals surface area contributed by atoms with E-state index in [2.05, 4.69) is 19.9 Å². The van der Waals surface area contributed by atoms with E-state index in [1.165, 1.54) is 0 Å². The van der Waals surface area contributed by atoms with E-state index < -0.39 is 0 Å². The number of rotatable bonds is 2. The van der Waals surface area contributed by atoms with Crippen molar-refractivity contribution in [2.24, 2.45) is 5.92 Å². The molecule has 22 heavy (non-hydrogen) atoms. The van der Waals surface area contributed by atoms with Gasteiger partial charge in [-0.05, 0) is 6.07 Å². The van der Waals surface area contributed by atoms with E-state index in [4.69, 9.17) is 4.74 Å². The lowest BCUT2D eigenvalue weighted by Gasteiger charge is -2.42. The van der Waals surface area contributed by atoms with Crippen molar-refractivity contribution in [1.29, 1.82) is 0 Å². The predicted octanol–water partition coefficient (Wildman–Crippen LogP) is 0.320. The number of carbonyl (C=O) groups is 1. The standard InChI is InChI=1S/C15H17N5O2/c21-15(19-3-5-22-6-4-19)11-8-20(9-11)14-12-1-2-16-7-13(12)17-10-18-14/h1-2,7,10-11H,3-6,8-9H2. The maximum atomic E-state index is 12.4. The van der Waals surface area contributed by atoms with Crippen LogP contribution in [0.1, 0.15) is 0 Å². The molecule has 2 saturated heterocycles. The molecule has 4 rings (SSSR count). The Bertz CT molecular complexity index is 690. The van der Waals surface area contributed by atoms with Crippen molar-refractivity contribution < 1.29 is 9.53 Å². The fourth-order valence-corrected chi connectivity index (χ4v) is 3.00. The van der Waals surface area contributed by atoms with Crippen molar-refractivity contribution in [2.75, 3.05) is 44.3 Å². The molecule has 2 aliphatic heterocycles. The number of anilines is 1. The molecule has 0 aliphatic carbocycles. The topological polar surface area (TPSA) is 71.5 Å². The lowest BCUT2D eigenvalue weighted by Crippen LogP contribution is -2.56. The van der Waals surface area contributed by atoms with Crippen LogP contribution in [0.25, 0.3) is 10.9 Å². The minimum absolute atomic E-state index is 0.0601. The Balaban J connectivity index is 1.47. The van der Waals surface area contributed by atoms with E-state index in [1.54, 1.807) is 18.7 Å². The van der Waals surface area contributed by atoms with Crippen LogP contribution in [-0.4, -0.2) is 65.2 Å². The normalized spacial score (nSPS) is 19.3. The van der Waals surface area contributed by atoms with Crippen molar-refractivity contribution in [3.8, 4) is 0 Å². The zero-order valence-corrected chi connectivity index (χ0v) is 12.2. The van der Waals surface area contributed by atoms with Gasteiger partial charge in [-0.2, -0.15) is 0 Å². The number of pyridine rings is 1. The second-order valence-electron chi connectivity index (χ2n) is 5.63. The summed E-state index contributed by atoms with van der Waals surface area (Å²) in [6.07, 6.45) is 5.03. The fourth-order valence-electron chi connectivity index (χ4n) is 3.00. The number of ether oxygens (including phenoxy) is 1. The van der Waals surface area contributed by atoms with Crippen LogP contribution < -0.4 is 4.90 Å². The van der Waals surface area contributed by atoms with Crippen LogP contribution in [0.4, 0.5) is 5.82 Å². The first kappa shape index (κ1) is 13.4. The molecule has 0 radical (unpaired) electrons. The molecule has 4 heterocycles. The van der Waals surface area contributed by atoms with Crippen LogP contribution in [-0.2, 0) is 9.53 Å². The third kappa shape index (κ3) is 2.27. The van der Waals surface area contributed by atoms with Gasteiger partial charge in [0.25, 0.3) is 0 Å². The second kappa shape index (κ2) is 5.49. The average molecular weight is 299 g/mol. The van der Waals surface area contributed by atoms with Crippen molar-refractivity contribution >= 4 is 22.6 Å². The van der Waals surface area contributed by atoms with Crippen LogP contribution in [0.15, 0.2) is 24.8 Å². The van der Waals surface area contributed by atoms with Crippen LogP contribution in [0.3, 0.4) is 0 Å². The highest BCUT2D eigenvalue weighted by atomic mass is 16.5. The number of carbonyl (C=O) groups excluding carboxylic acids is 1. The predicted molar refractivity (Wildman–Crippen MR) is 80.4 cm³/mol. The summed E-state index contributed by atoms with van der Waals surface area (Å²) in [6, 6.07) is 1.92. The van der Waals surface area contributed by atoms with Gasteiger partial charge < -0.3 is 14.5 Å². The van der Waals surface area contributed by atoms with Gasteiger partial charge in [0.05, 0.1) is 30.8 Å². The Morgan fingerprint density at radius 2 is 2.05 bits per heavy atom. The molecule has 0 N–H and O–H groups in total. The van der Waals surface area contributed by atoms with E-state index in [1.807, 2.05) is 11.0 Å². The Labute approximate surface area is 127 Å². The number of hydrogen-bond acceptors (Lipinski definition) is 6. The second-order valence-corrected chi connectivity index (χ2v) is 5.63. The van der Waals surface area contributed by atoms with Gasteiger partial charge in [-0.3, -0.25) is 9.78 Å². The van der Waals surface area contributed by atoms with Crippen molar-refractivity contribution in [2.45, 2.75) is 0 Å². The zero-order chi connectivity index (χ0) is 14.9. The van der Waals surface area contributed by atoms with Crippen LogP contribution in [0, 0.1) is 5.92 Å². The Hall–Kier alpha value is -2.28. The molecule has 2 fully saturated rings. The molecule has 114 valence electrons. The highest BCUT2D eigenvalue weighted by Gasteiger charge is 2.37. The Kier molecular flexibility index (Phi) is 3.34. The van der Waals surface area contributed by atoms with Gasteiger partial charge >= 0.3 is 0 Å². The molecule has 2 aromatic rings. The minimum Gasteiger partial charge on any atom is -0.378 e. The van der Waals surface area contributed by atoms with Gasteiger partial charge in [0.1, 0.15) is 12.1 Å². The van der Waals surface area contributed by atoms with Crippen molar-refractivity contribution in [1.82, 2.24) is 19.9 Å². The van der Waals surface area contributed by atoms with Gasteiger partial charge in [0.15, 0.2) is 0 Å². The van der Waals surface area contributed by atoms with E-state index in [9.17, 15) is 4.79 Å². The molecule has 2 aromatic heterocycles. The number of morpholine rings is 1. The van der Waals surface area contributed by atoms with E-state index in [-0.39, 0.29) is 11.8 Å². The summed E-state index contributed by atoms with van der Waals surface area (Å²) in [7, 11) is 0. The van der Waals surface area contributed by atoms with Crippen molar-refractivity contribution in [3.63, 3.8) is 0 Å². The Morgan fingerprint density at radius 3 is 2.86 bits per heavy atom. The van der Waals surface area contributed by atoms with Gasteiger partial charge in [-0.15, -0.1) is 0 Å².